The van der Waals surface area contributed by atoms with Crippen LogP contribution in [-0.2, 0) is 11.2 Å². The van der Waals surface area contributed by atoms with Gasteiger partial charge >= 0.3 is 0 Å². The third kappa shape index (κ3) is 5.32. The summed E-state index contributed by atoms with van der Waals surface area (Å²) >= 11 is 0. The molecule has 0 aliphatic heterocycles. The predicted molar refractivity (Wildman–Crippen MR) is 76.5 cm³/mol. The van der Waals surface area contributed by atoms with Crippen molar-refractivity contribution >= 4 is 11.6 Å². The number of benzene rings is 1. The maximum Gasteiger partial charge on any atom is 0.224 e. The average Bonchev–Trinajstić information content (AvgIpc) is 2.30. The number of hydrogen-bond acceptors (Lipinski definition) is 2. The van der Waals surface area contributed by atoms with E-state index in [0.717, 1.165) is 18.5 Å². The largest absolute Gasteiger partial charge is 0.327 e. The molecule has 1 aromatic carbocycles. The van der Waals surface area contributed by atoms with E-state index in [0.29, 0.717) is 12.3 Å². The molecule has 0 radical (unpaired) electrons. The Labute approximate surface area is 110 Å². The van der Waals surface area contributed by atoms with Crippen LogP contribution in [0.2, 0.25) is 0 Å². The highest BCUT2D eigenvalue weighted by Crippen LogP contribution is 2.12. The highest BCUT2D eigenvalue weighted by molar-refractivity contribution is 5.90. The number of rotatable bonds is 6. The highest BCUT2D eigenvalue weighted by atomic mass is 16.1. The van der Waals surface area contributed by atoms with Crippen LogP contribution >= 0.6 is 0 Å². The summed E-state index contributed by atoms with van der Waals surface area (Å²) in [6, 6.07) is 8.15. The zero-order valence-corrected chi connectivity index (χ0v) is 11.6. The van der Waals surface area contributed by atoms with Crippen molar-refractivity contribution < 1.29 is 4.79 Å². The number of carbonyl (C=O) groups is 1. The van der Waals surface area contributed by atoms with Gasteiger partial charge in [0.15, 0.2) is 0 Å². The Morgan fingerprint density at radius 1 is 1.28 bits per heavy atom. The van der Waals surface area contributed by atoms with Crippen LogP contribution in [0.5, 0.6) is 0 Å². The summed E-state index contributed by atoms with van der Waals surface area (Å²) < 4.78 is 0. The van der Waals surface area contributed by atoms with Gasteiger partial charge < -0.3 is 11.1 Å². The van der Waals surface area contributed by atoms with Crippen LogP contribution in [0.15, 0.2) is 24.3 Å². The highest BCUT2D eigenvalue weighted by Gasteiger charge is 2.06. The minimum atomic E-state index is 0.0722. The second kappa shape index (κ2) is 7.17. The molecule has 0 saturated heterocycles. The normalized spacial score (nSPS) is 12.5. The maximum atomic E-state index is 11.6. The quantitative estimate of drug-likeness (QED) is 0.813. The van der Waals surface area contributed by atoms with E-state index in [9.17, 15) is 4.79 Å². The molecule has 1 rings (SSSR count). The van der Waals surface area contributed by atoms with Crippen LogP contribution in [-0.4, -0.2) is 11.9 Å². The second-order valence-corrected chi connectivity index (χ2v) is 5.22. The molecule has 3 N–H and O–H groups in total. The molecule has 1 aromatic rings. The van der Waals surface area contributed by atoms with Gasteiger partial charge in [-0.25, -0.2) is 0 Å². The molecule has 0 fully saturated rings. The molecular formula is C15H24N2O. The van der Waals surface area contributed by atoms with E-state index in [1.54, 1.807) is 0 Å². The Balaban J connectivity index is 2.52. The molecular weight excluding hydrogens is 224 g/mol. The molecule has 0 saturated carbocycles. The SMILES string of the molecule is CCC(N)Cc1ccc(NC(=O)CC(C)C)cc1. The van der Waals surface area contributed by atoms with Crippen LogP contribution in [0.4, 0.5) is 5.69 Å². The van der Waals surface area contributed by atoms with E-state index in [1.807, 2.05) is 38.1 Å². The molecule has 3 nitrogen and oxygen atoms in total. The van der Waals surface area contributed by atoms with Gasteiger partial charge in [-0.1, -0.05) is 32.9 Å². The summed E-state index contributed by atoms with van der Waals surface area (Å²) in [5.74, 6) is 0.454. The van der Waals surface area contributed by atoms with Crippen LogP contribution in [0.3, 0.4) is 0 Å². The van der Waals surface area contributed by atoms with Crippen molar-refractivity contribution in [2.24, 2.45) is 11.7 Å². The predicted octanol–water partition coefficient (Wildman–Crippen LogP) is 2.95. The lowest BCUT2D eigenvalue weighted by Gasteiger charge is -2.10. The Kier molecular flexibility index (Phi) is 5.86. The first-order valence-electron chi connectivity index (χ1n) is 6.65. The van der Waals surface area contributed by atoms with Crippen LogP contribution in [0, 0.1) is 5.92 Å². The van der Waals surface area contributed by atoms with Crippen molar-refractivity contribution in [1.82, 2.24) is 0 Å². The molecule has 1 amide bonds. The molecule has 100 valence electrons. The van der Waals surface area contributed by atoms with Crippen molar-refractivity contribution in [3.8, 4) is 0 Å². The average molecular weight is 248 g/mol. The lowest BCUT2D eigenvalue weighted by Crippen LogP contribution is -2.21. The summed E-state index contributed by atoms with van der Waals surface area (Å²) in [5, 5.41) is 2.90. The van der Waals surface area contributed by atoms with E-state index in [1.165, 1.54) is 5.56 Å². The summed E-state index contributed by atoms with van der Waals surface area (Å²) in [6.07, 6.45) is 2.42. The van der Waals surface area contributed by atoms with Gasteiger partial charge in [0.2, 0.25) is 5.91 Å². The van der Waals surface area contributed by atoms with E-state index in [4.69, 9.17) is 5.73 Å². The lowest BCUT2D eigenvalue weighted by molar-refractivity contribution is -0.116. The number of hydrogen-bond donors (Lipinski definition) is 2. The fraction of sp³-hybridized carbons (Fsp3) is 0.533. The molecule has 0 heterocycles. The van der Waals surface area contributed by atoms with Crippen molar-refractivity contribution in [3.63, 3.8) is 0 Å². The summed E-state index contributed by atoms with van der Waals surface area (Å²) in [6.45, 7) is 6.16. The smallest absolute Gasteiger partial charge is 0.224 e. The molecule has 1 atom stereocenters. The summed E-state index contributed by atoms with van der Waals surface area (Å²) in [7, 11) is 0. The van der Waals surface area contributed by atoms with Crippen molar-refractivity contribution in [2.75, 3.05) is 5.32 Å². The fourth-order valence-electron chi connectivity index (χ4n) is 1.75. The first-order valence-corrected chi connectivity index (χ1v) is 6.65. The zero-order valence-electron chi connectivity index (χ0n) is 11.6. The maximum absolute atomic E-state index is 11.6. The van der Waals surface area contributed by atoms with E-state index in [2.05, 4.69) is 12.2 Å². The van der Waals surface area contributed by atoms with Crippen molar-refractivity contribution in [1.29, 1.82) is 0 Å². The first kappa shape index (κ1) is 14.7. The van der Waals surface area contributed by atoms with E-state index >= 15 is 0 Å². The number of amides is 1. The molecule has 0 aliphatic carbocycles. The van der Waals surface area contributed by atoms with Crippen LogP contribution in [0.25, 0.3) is 0 Å². The molecule has 0 bridgehead atoms. The standard InChI is InChI=1S/C15H24N2O/c1-4-13(16)10-12-5-7-14(8-6-12)17-15(18)9-11(2)3/h5-8,11,13H,4,9-10,16H2,1-3H3,(H,17,18). The second-order valence-electron chi connectivity index (χ2n) is 5.22. The van der Waals surface area contributed by atoms with Crippen LogP contribution in [0.1, 0.15) is 39.2 Å². The molecule has 0 aromatic heterocycles. The number of carbonyl (C=O) groups excluding carboxylic acids is 1. The van der Waals surface area contributed by atoms with Gasteiger partial charge in [0.05, 0.1) is 0 Å². The van der Waals surface area contributed by atoms with Crippen molar-refractivity contribution in [2.45, 2.75) is 46.1 Å². The first-order chi connectivity index (χ1) is 8.51. The van der Waals surface area contributed by atoms with Gasteiger partial charge in [-0.05, 0) is 36.5 Å². The van der Waals surface area contributed by atoms with Gasteiger partial charge in [-0.3, -0.25) is 4.79 Å². The molecule has 18 heavy (non-hydrogen) atoms. The fourth-order valence-corrected chi connectivity index (χ4v) is 1.75. The topological polar surface area (TPSA) is 55.1 Å². The van der Waals surface area contributed by atoms with Gasteiger partial charge in [0.25, 0.3) is 0 Å². The van der Waals surface area contributed by atoms with Crippen molar-refractivity contribution in [3.05, 3.63) is 29.8 Å². The summed E-state index contributed by atoms with van der Waals surface area (Å²) in [4.78, 5) is 11.6. The minimum Gasteiger partial charge on any atom is -0.327 e. The molecule has 0 spiro atoms. The zero-order chi connectivity index (χ0) is 13.5. The number of nitrogens with one attached hydrogen (secondary N) is 1. The van der Waals surface area contributed by atoms with Gasteiger partial charge in [-0.15, -0.1) is 0 Å². The Morgan fingerprint density at radius 2 is 1.89 bits per heavy atom. The minimum absolute atomic E-state index is 0.0722. The molecule has 0 aliphatic rings. The number of nitrogens with two attached hydrogens (primary N) is 1. The van der Waals surface area contributed by atoms with Crippen LogP contribution < -0.4 is 11.1 Å². The summed E-state index contributed by atoms with van der Waals surface area (Å²) in [5.41, 5.74) is 7.98. The monoisotopic (exact) mass is 248 g/mol. The molecule has 1 unspecified atom stereocenters. The Morgan fingerprint density at radius 3 is 2.39 bits per heavy atom. The van der Waals surface area contributed by atoms with Gasteiger partial charge in [0.1, 0.15) is 0 Å². The lowest BCUT2D eigenvalue weighted by atomic mass is 10.0. The third-order valence-corrected chi connectivity index (χ3v) is 2.85. The van der Waals surface area contributed by atoms with E-state index < -0.39 is 0 Å². The van der Waals surface area contributed by atoms with Gasteiger partial charge in [0, 0.05) is 18.2 Å². The van der Waals surface area contributed by atoms with Gasteiger partial charge in [-0.2, -0.15) is 0 Å². The third-order valence-electron chi connectivity index (χ3n) is 2.85. The Hall–Kier alpha value is -1.35. The number of anilines is 1. The Bertz CT molecular complexity index is 371. The van der Waals surface area contributed by atoms with E-state index in [-0.39, 0.29) is 11.9 Å². The molecule has 3 heteroatoms.